The van der Waals surface area contributed by atoms with Crippen LogP contribution in [0.5, 0.6) is 0 Å². The molecule has 1 amide bonds. The third-order valence-corrected chi connectivity index (χ3v) is 4.52. The average molecular weight is 350 g/mol. The van der Waals surface area contributed by atoms with Crippen molar-refractivity contribution in [1.82, 2.24) is 5.32 Å². The molecule has 1 aliphatic rings. The van der Waals surface area contributed by atoms with E-state index in [9.17, 15) is 18.0 Å². The molecule has 0 radical (unpaired) electrons. The second kappa shape index (κ2) is 6.68. The second-order valence-electron chi connectivity index (χ2n) is 5.25. The molecule has 3 nitrogen and oxygen atoms in total. The van der Waals surface area contributed by atoms with Crippen LogP contribution < -0.4 is 5.32 Å². The summed E-state index contributed by atoms with van der Waals surface area (Å²) in [5, 5.41) is 2.64. The summed E-state index contributed by atoms with van der Waals surface area (Å²) in [6, 6.07) is 14.2. The van der Waals surface area contributed by atoms with E-state index >= 15 is 0 Å². The van der Waals surface area contributed by atoms with E-state index in [1.54, 1.807) is 18.2 Å². The number of carbonyl (C=O) groups excluding carboxylic acids is 1. The Morgan fingerprint density at radius 3 is 2.54 bits per heavy atom. The predicted molar refractivity (Wildman–Crippen MR) is 88.2 cm³/mol. The third-order valence-electron chi connectivity index (χ3n) is 3.44. The standard InChI is InChI=1S/C17H13F3N2OS/c18-17(19,20)12-6-4-5-11(9-12)10-14-15(23)22-16(24-14)21-13-7-2-1-3-8-13/h1-9,14H,10H2,(H,21,22,23). The molecule has 2 aromatic rings. The van der Waals surface area contributed by atoms with Gasteiger partial charge in [-0.15, -0.1) is 0 Å². The van der Waals surface area contributed by atoms with Gasteiger partial charge in [0.2, 0.25) is 5.91 Å². The SMILES string of the molecule is O=C1N/C(=N\c2ccccc2)SC1Cc1cccc(C(F)(F)F)c1. The number of amides is 1. The minimum absolute atomic E-state index is 0.216. The molecule has 0 bridgehead atoms. The number of nitrogens with one attached hydrogen (secondary N) is 1. The summed E-state index contributed by atoms with van der Waals surface area (Å²) in [4.78, 5) is 16.4. The highest BCUT2D eigenvalue weighted by molar-refractivity contribution is 8.15. The number of aliphatic imine (C=N–C) groups is 1. The largest absolute Gasteiger partial charge is 0.416 e. The van der Waals surface area contributed by atoms with E-state index in [1.165, 1.54) is 17.8 Å². The lowest BCUT2D eigenvalue weighted by Gasteiger charge is -2.10. The lowest BCUT2D eigenvalue weighted by atomic mass is 10.1. The van der Waals surface area contributed by atoms with Crippen molar-refractivity contribution in [2.45, 2.75) is 17.8 Å². The maximum Gasteiger partial charge on any atom is 0.416 e. The lowest BCUT2D eigenvalue weighted by Crippen LogP contribution is -2.26. The van der Waals surface area contributed by atoms with Crippen molar-refractivity contribution < 1.29 is 18.0 Å². The zero-order valence-electron chi connectivity index (χ0n) is 12.4. The number of rotatable bonds is 3. The maximum absolute atomic E-state index is 12.8. The maximum atomic E-state index is 12.8. The second-order valence-corrected chi connectivity index (χ2v) is 6.44. The van der Waals surface area contributed by atoms with Crippen molar-refractivity contribution in [3.63, 3.8) is 0 Å². The molecule has 0 aliphatic carbocycles. The van der Waals surface area contributed by atoms with Gasteiger partial charge in [0.15, 0.2) is 5.17 Å². The van der Waals surface area contributed by atoms with Crippen LogP contribution >= 0.6 is 11.8 Å². The first-order chi connectivity index (χ1) is 11.4. The van der Waals surface area contributed by atoms with Crippen LogP contribution in [0, 0.1) is 0 Å². The van der Waals surface area contributed by atoms with Gasteiger partial charge in [0.05, 0.1) is 16.5 Å². The van der Waals surface area contributed by atoms with Gasteiger partial charge in [-0.05, 0) is 30.2 Å². The fraction of sp³-hybridized carbons (Fsp3) is 0.176. The molecule has 1 aliphatic heterocycles. The van der Waals surface area contributed by atoms with Crippen molar-refractivity contribution in [3.8, 4) is 0 Å². The first kappa shape index (κ1) is 16.6. The van der Waals surface area contributed by atoms with Crippen LogP contribution in [-0.4, -0.2) is 16.3 Å². The van der Waals surface area contributed by atoms with Crippen LogP contribution in [0.15, 0.2) is 59.6 Å². The number of para-hydroxylation sites is 1. The first-order valence-electron chi connectivity index (χ1n) is 7.19. The Bertz CT molecular complexity index is 775. The van der Waals surface area contributed by atoms with Gasteiger partial charge in [0.25, 0.3) is 0 Å². The van der Waals surface area contributed by atoms with Crippen molar-refractivity contribution in [2.75, 3.05) is 0 Å². The third kappa shape index (κ3) is 3.97. The van der Waals surface area contributed by atoms with Gasteiger partial charge in [0, 0.05) is 0 Å². The number of amidine groups is 1. The van der Waals surface area contributed by atoms with E-state index in [-0.39, 0.29) is 12.3 Å². The van der Waals surface area contributed by atoms with E-state index in [0.29, 0.717) is 16.4 Å². The molecule has 2 aromatic carbocycles. The first-order valence-corrected chi connectivity index (χ1v) is 8.07. The van der Waals surface area contributed by atoms with Gasteiger partial charge in [-0.2, -0.15) is 13.2 Å². The number of hydrogen-bond donors (Lipinski definition) is 1. The normalized spacial score (nSPS) is 19.5. The highest BCUT2D eigenvalue weighted by Gasteiger charge is 2.33. The molecule has 1 unspecified atom stereocenters. The van der Waals surface area contributed by atoms with Crippen LogP contribution in [0.3, 0.4) is 0 Å². The van der Waals surface area contributed by atoms with E-state index in [1.807, 2.05) is 18.2 Å². The van der Waals surface area contributed by atoms with Crippen LogP contribution in [0.25, 0.3) is 0 Å². The zero-order valence-corrected chi connectivity index (χ0v) is 13.2. The van der Waals surface area contributed by atoms with E-state index in [2.05, 4.69) is 10.3 Å². The minimum Gasteiger partial charge on any atom is -0.304 e. The molecular formula is C17H13F3N2OS. The van der Waals surface area contributed by atoms with Gasteiger partial charge in [-0.1, -0.05) is 48.2 Å². The molecule has 24 heavy (non-hydrogen) atoms. The summed E-state index contributed by atoms with van der Waals surface area (Å²) in [5.41, 5.74) is 0.472. The molecular weight excluding hydrogens is 337 g/mol. The van der Waals surface area contributed by atoms with Gasteiger partial charge in [0.1, 0.15) is 0 Å². The fourth-order valence-electron chi connectivity index (χ4n) is 2.30. The van der Waals surface area contributed by atoms with E-state index < -0.39 is 17.0 Å². The Kier molecular flexibility index (Phi) is 4.62. The Hall–Kier alpha value is -2.28. The Labute approximate surface area is 141 Å². The van der Waals surface area contributed by atoms with Crippen LogP contribution in [0.4, 0.5) is 18.9 Å². The summed E-state index contributed by atoms with van der Waals surface area (Å²) in [5.74, 6) is -0.243. The van der Waals surface area contributed by atoms with Crippen LogP contribution in [0.2, 0.25) is 0 Å². The molecule has 1 heterocycles. The summed E-state index contributed by atoms with van der Waals surface area (Å²) in [7, 11) is 0. The van der Waals surface area contributed by atoms with Crippen LogP contribution in [-0.2, 0) is 17.4 Å². The summed E-state index contributed by atoms with van der Waals surface area (Å²) in [6.07, 6.45) is -4.17. The van der Waals surface area contributed by atoms with Gasteiger partial charge < -0.3 is 5.32 Å². The van der Waals surface area contributed by atoms with Gasteiger partial charge in [-0.3, -0.25) is 4.79 Å². The molecule has 0 saturated carbocycles. The quantitative estimate of drug-likeness (QED) is 0.903. The highest BCUT2D eigenvalue weighted by Crippen LogP contribution is 2.31. The Morgan fingerprint density at radius 1 is 1.08 bits per heavy atom. The minimum atomic E-state index is -4.39. The molecule has 1 fully saturated rings. The van der Waals surface area contributed by atoms with E-state index in [0.717, 1.165) is 12.1 Å². The molecule has 0 spiro atoms. The number of carbonyl (C=O) groups is 1. The number of alkyl halides is 3. The van der Waals surface area contributed by atoms with Crippen molar-refractivity contribution in [2.24, 2.45) is 4.99 Å². The number of benzene rings is 2. The molecule has 3 rings (SSSR count). The molecule has 7 heteroatoms. The Balaban J connectivity index is 1.73. The predicted octanol–water partition coefficient (Wildman–Crippen LogP) is 4.17. The summed E-state index contributed by atoms with van der Waals surface area (Å²) in [6.45, 7) is 0. The van der Waals surface area contributed by atoms with Crippen molar-refractivity contribution >= 4 is 28.5 Å². The smallest absolute Gasteiger partial charge is 0.304 e. The van der Waals surface area contributed by atoms with Gasteiger partial charge in [-0.25, -0.2) is 4.99 Å². The number of halogens is 3. The zero-order chi connectivity index (χ0) is 17.2. The number of hydrogen-bond acceptors (Lipinski definition) is 3. The molecule has 1 N–H and O–H groups in total. The number of nitrogens with zero attached hydrogens (tertiary/aromatic N) is 1. The van der Waals surface area contributed by atoms with Gasteiger partial charge >= 0.3 is 6.18 Å². The van der Waals surface area contributed by atoms with Crippen LogP contribution in [0.1, 0.15) is 11.1 Å². The Morgan fingerprint density at radius 2 is 1.83 bits per heavy atom. The van der Waals surface area contributed by atoms with Crippen molar-refractivity contribution in [3.05, 3.63) is 65.7 Å². The monoisotopic (exact) mass is 350 g/mol. The lowest BCUT2D eigenvalue weighted by molar-refractivity contribution is -0.137. The molecule has 1 atom stereocenters. The number of thioether (sulfide) groups is 1. The molecule has 1 saturated heterocycles. The fourth-order valence-corrected chi connectivity index (χ4v) is 3.33. The molecule has 0 aromatic heterocycles. The van der Waals surface area contributed by atoms with Crippen molar-refractivity contribution in [1.29, 1.82) is 0 Å². The summed E-state index contributed by atoms with van der Waals surface area (Å²) < 4.78 is 38.3. The topological polar surface area (TPSA) is 41.5 Å². The molecule has 124 valence electrons. The van der Waals surface area contributed by atoms with E-state index in [4.69, 9.17) is 0 Å². The summed E-state index contributed by atoms with van der Waals surface area (Å²) >= 11 is 1.23. The highest BCUT2D eigenvalue weighted by atomic mass is 32.2. The average Bonchev–Trinajstić information content (AvgIpc) is 2.87.